The van der Waals surface area contributed by atoms with Gasteiger partial charge >= 0.3 is 0 Å². The normalized spacial score (nSPS) is 17.5. The van der Waals surface area contributed by atoms with Gasteiger partial charge in [-0.1, -0.05) is 30.3 Å². The Morgan fingerprint density at radius 1 is 1.21 bits per heavy atom. The van der Waals surface area contributed by atoms with E-state index < -0.39 is 0 Å². The molecule has 1 unspecified atom stereocenters. The van der Waals surface area contributed by atoms with Crippen LogP contribution >= 0.6 is 0 Å². The number of amides is 1. The lowest BCUT2D eigenvalue weighted by Gasteiger charge is -2.28. The van der Waals surface area contributed by atoms with Gasteiger partial charge in [-0.3, -0.25) is 4.79 Å². The van der Waals surface area contributed by atoms with Gasteiger partial charge < -0.3 is 15.0 Å². The molecule has 4 rings (SSSR count). The predicted molar refractivity (Wildman–Crippen MR) is 105 cm³/mol. The maximum absolute atomic E-state index is 12.3. The number of nitrogens with one attached hydrogen (secondary N) is 1. The molecule has 28 heavy (non-hydrogen) atoms. The third kappa shape index (κ3) is 4.12. The van der Waals surface area contributed by atoms with E-state index in [9.17, 15) is 4.79 Å². The number of ether oxygens (including phenoxy) is 1. The van der Waals surface area contributed by atoms with Crippen LogP contribution in [0.2, 0.25) is 0 Å². The van der Waals surface area contributed by atoms with Crippen LogP contribution in [0.15, 0.2) is 42.5 Å². The lowest BCUT2D eigenvalue weighted by molar-refractivity contribution is -0.126. The Morgan fingerprint density at radius 3 is 2.89 bits per heavy atom. The molecule has 1 amide bonds. The number of carbonyl (C=O) groups is 1. The topological polar surface area (TPSA) is 84.7 Å². The maximum atomic E-state index is 12.3. The van der Waals surface area contributed by atoms with Crippen molar-refractivity contribution in [1.82, 2.24) is 30.0 Å². The van der Waals surface area contributed by atoms with E-state index in [-0.39, 0.29) is 11.8 Å². The molecule has 1 fully saturated rings. The fourth-order valence-corrected chi connectivity index (χ4v) is 3.47. The smallest absolute Gasteiger partial charge is 0.231 e. The highest BCUT2D eigenvalue weighted by Crippen LogP contribution is 2.18. The molecule has 0 radical (unpaired) electrons. The predicted octanol–water partition coefficient (Wildman–Crippen LogP) is 1.63. The van der Waals surface area contributed by atoms with Gasteiger partial charge in [0, 0.05) is 18.2 Å². The number of rotatable bonds is 6. The molecule has 1 N–H and O–H groups in total. The van der Waals surface area contributed by atoms with Crippen molar-refractivity contribution in [2.75, 3.05) is 33.3 Å². The first kappa shape index (κ1) is 18.4. The molecule has 146 valence electrons. The number of piperidine rings is 1. The minimum atomic E-state index is 0.0682. The monoisotopic (exact) mass is 380 g/mol. The first-order valence-electron chi connectivity index (χ1n) is 9.57. The van der Waals surface area contributed by atoms with E-state index in [1.807, 2.05) is 36.4 Å². The van der Waals surface area contributed by atoms with Crippen molar-refractivity contribution in [1.29, 1.82) is 0 Å². The number of carbonyl (C=O) groups excluding carboxylic acids is 1. The van der Waals surface area contributed by atoms with E-state index in [0.29, 0.717) is 30.5 Å². The van der Waals surface area contributed by atoms with Crippen molar-refractivity contribution < 1.29 is 9.53 Å². The summed E-state index contributed by atoms with van der Waals surface area (Å²) in [7, 11) is 2.05. The number of benzene rings is 1. The van der Waals surface area contributed by atoms with Crippen LogP contribution in [-0.2, 0) is 4.79 Å². The molecule has 1 aliphatic rings. The zero-order valence-corrected chi connectivity index (χ0v) is 15.9. The van der Waals surface area contributed by atoms with E-state index in [0.717, 1.165) is 31.5 Å². The van der Waals surface area contributed by atoms with E-state index >= 15 is 0 Å². The van der Waals surface area contributed by atoms with Crippen LogP contribution in [0.5, 0.6) is 5.88 Å². The lowest BCUT2D eigenvalue weighted by atomic mass is 9.98. The molecule has 1 saturated heterocycles. The van der Waals surface area contributed by atoms with Crippen LogP contribution in [-0.4, -0.2) is 63.9 Å². The average molecular weight is 380 g/mol. The highest BCUT2D eigenvalue weighted by molar-refractivity contribution is 5.78. The fraction of sp³-hybridized carbons (Fsp3) is 0.400. The van der Waals surface area contributed by atoms with Gasteiger partial charge in [0.25, 0.3) is 0 Å². The molecule has 1 atom stereocenters. The Bertz CT molecular complexity index is 942. The van der Waals surface area contributed by atoms with Gasteiger partial charge in [0.1, 0.15) is 6.61 Å². The molecule has 0 saturated carbocycles. The van der Waals surface area contributed by atoms with Crippen molar-refractivity contribution in [3.63, 3.8) is 0 Å². The zero-order chi connectivity index (χ0) is 19.3. The molecular weight excluding hydrogens is 356 g/mol. The zero-order valence-electron chi connectivity index (χ0n) is 15.9. The molecular formula is C20H24N6O2. The minimum absolute atomic E-state index is 0.0682. The summed E-state index contributed by atoms with van der Waals surface area (Å²) in [6, 6.07) is 13.4. The van der Waals surface area contributed by atoms with Crippen LogP contribution in [0.25, 0.3) is 17.0 Å². The fourth-order valence-electron chi connectivity index (χ4n) is 3.47. The summed E-state index contributed by atoms with van der Waals surface area (Å²) in [5.74, 6) is 1.30. The number of aromatic nitrogens is 4. The third-order valence-electron chi connectivity index (χ3n) is 4.92. The summed E-state index contributed by atoms with van der Waals surface area (Å²) in [5, 5.41) is 15.8. The van der Waals surface area contributed by atoms with Gasteiger partial charge in [-0.15, -0.1) is 15.3 Å². The van der Waals surface area contributed by atoms with Crippen molar-refractivity contribution in [3.8, 4) is 17.3 Å². The van der Waals surface area contributed by atoms with Gasteiger partial charge in [0.2, 0.25) is 11.8 Å². The number of likely N-dealkylation sites (tertiary alicyclic amines) is 1. The van der Waals surface area contributed by atoms with Crippen LogP contribution in [0, 0.1) is 5.92 Å². The third-order valence-corrected chi connectivity index (χ3v) is 4.92. The molecule has 8 nitrogen and oxygen atoms in total. The second kappa shape index (κ2) is 8.35. The molecule has 0 aliphatic carbocycles. The summed E-state index contributed by atoms with van der Waals surface area (Å²) in [6.07, 6.45) is 2.02. The average Bonchev–Trinajstić information content (AvgIpc) is 3.15. The number of hydrogen-bond acceptors (Lipinski definition) is 6. The molecule has 1 aliphatic heterocycles. The first-order chi connectivity index (χ1) is 13.7. The Hall–Kier alpha value is -3.00. The van der Waals surface area contributed by atoms with Crippen LogP contribution in [0.3, 0.4) is 0 Å². The highest BCUT2D eigenvalue weighted by Gasteiger charge is 2.23. The number of hydrogen-bond donors (Lipinski definition) is 1. The Balaban J connectivity index is 1.34. The quantitative estimate of drug-likeness (QED) is 0.655. The molecule has 3 aromatic rings. The van der Waals surface area contributed by atoms with E-state index in [1.54, 1.807) is 10.6 Å². The summed E-state index contributed by atoms with van der Waals surface area (Å²) >= 11 is 0. The van der Waals surface area contributed by atoms with Crippen molar-refractivity contribution >= 4 is 11.6 Å². The van der Waals surface area contributed by atoms with Crippen LogP contribution < -0.4 is 10.1 Å². The van der Waals surface area contributed by atoms with Gasteiger partial charge in [0.05, 0.1) is 12.5 Å². The molecule has 1 aromatic carbocycles. The lowest BCUT2D eigenvalue weighted by Crippen LogP contribution is -2.42. The molecule has 2 aromatic heterocycles. The SMILES string of the molecule is CN1CCCC(C(=O)NCCOc2ccc3nnc(-c4ccccc4)n3n2)C1. The largest absolute Gasteiger partial charge is 0.475 e. The number of fused-ring (bicyclic) bond motifs is 1. The summed E-state index contributed by atoms with van der Waals surface area (Å²) in [4.78, 5) is 14.5. The highest BCUT2D eigenvalue weighted by atomic mass is 16.5. The van der Waals surface area contributed by atoms with E-state index in [4.69, 9.17) is 4.74 Å². The van der Waals surface area contributed by atoms with Gasteiger partial charge in [-0.2, -0.15) is 4.52 Å². The Labute approximate surface area is 163 Å². The second-order valence-electron chi connectivity index (χ2n) is 7.07. The first-order valence-corrected chi connectivity index (χ1v) is 9.57. The Kier molecular flexibility index (Phi) is 5.48. The standard InChI is InChI=1S/C20H24N6O2/c1-25-12-5-8-16(14-25)20(27)21-11-13-28-18-10-9-17-22-23-19(26(17)24-18)15-6-3-2-4-7-15/h2-4,6-7,9-10,16H,5,8,11-14H2,1H3,(H,21,27). The van der Waals surface area contributed by atoms with Crippen molar-refractivity contribution in [2.45, 2.75) is 12.8 Å². The molecule has 0 bridgehead atoms. The van der Waals surface area contributed by atoms with Crippen molar-refractivity contribution in [3.05, 3.63) is 42.5 Å². The van der Waals surface area contributed by atoms with E-state index in [1.165, 1.54) is 0 Å². The summed E-state index contributed by atoms with van der Waals surface area (Å²) in [5.41, 5.74) is 1.59. The van der Waals surface area contributed by atoms with Gasteiger partial charge in [-0.05, 0) is 32.5 Å². The van der Waals surface area contributed by atoms with Crippen molar-refractivity contribution in [2.24, 2.45) is 5.92 Å². The summed E-state index contributed by atoms with van der Waals surface area (Å²) < 4.78 is 7.39. The molecule has 0 spiro atoms. The Morgan fingerprint density at radius 2 is 2.07 bits per heavy atom. The molecule has 3 heterocycles. The maximum Gasteiger partial charge on any atom is 0.231 e. The second-order valence-corrected chi connectivity index (χ2v) is 7.07. The van der Waals surface area contributed by atoms with E-state index in [2.05, 4.69) is 32.6 Å². The number of nitrogens with zero attached hydrogens (tertiary/aromatic N) is 5. The summed E-state index contributed by atoms with van der Waals surface area (Å²) in [6.45, 7) is 2.69. The van der Waals surface area contributed by atoms with Crippen LogP contribution in [0.1, 0.15) is 12.8 Å². The van der Waals surface area contributed by atoms with Gasteiger partial charge in [-0.25, -0.2) is 0 Å². The minimum Gasteiger partial charge on any atom is -0.475 e. The van der Waals surface area contributed by atoms with Gasteiger partial charge in [0.15, 0.2) is 11.5 Å². The van der Waals surface area contributed by atoms with Crippen LogP contribution in [0.4, 0.5) is 0 Å². The molecule has 8 heteroatoms.